The van der Waals surface area contributed by atoms with Crippen molar-refractivity contribution in [3.05, 3.63) is 29.2 Å². The predicted octanol–water partition coefficient (Wildman–Crippen LogP) is 1.56. The Morgan fingerprint density at radius 3 is 2.71 bits per heavy atom. The molecule has 86 valence electrons. The van der Waals surface area contributed by atoms with Crippen LogP contribution in [-0.4, -0.2) is 24.6 Å². The highest BCUT2D eigenvalue weighted by Crippen LogP contribution is 2.23. The Balaban J connectivity index is 2.98. The first kappa shape index (κ1) is 11.8. The third kappa shape index (κ3) is 2.20. The summed E-state index contributed by atoms with van der Waals surface area (Å²) in [6, 6.07) is 4.69. The van der Waals surface area contributed by atoms with E-state index in [-0.39, 0.29) is 15.9 Å². The van der Waals surface area contributed by atoms with Crippen LogP contribution in [0.5, 0.6) is 0 Å². The summed E-state index contributed by atoms with van der Waals surface area (Å²) in [5, 5.41) is 9.69. The zero-order valence-corrected chi connectivity index (χ0v) is 10.2. The molecule has 5 nitrogen and oxygen atoms in total. The average molecular weight is 268 g/mol. The van der Waals surface area contributed by atoms with Gasteiger partial charge in [0, 0.05) is 23.2 Å². The van der Waals surface area contributed by atoms with Crippen LogP contribution >= 0.6 is 11.6 Å². The summed E-state index contributed by atoms with van der Waals surface area (Å²) in [5.74, 6) is 0. The number of halogens is 1. The summed E-state index contributed by atoms with van der Waals surface area (Å²) < 4.78 is 23.2. The zero-order chi connectivity index (χ0) is 12.6. The van der Waals surface area contributed by atoms with Crippen LogP contribution in [0.1, 0.15) is 5.69 Å². The van der Waals surface area contributed by atoms with E-state index in [2.05, 4.69) is 9.97 Å². The van der Waals surface area contributed by atoms with Crippen molar-refractivity contribution in [1.82, 2.24) is 9.97 Å². The molecule has 0 aliphatic carbocycles. The van der Waals surface area contributed by atoms with Gasteiger partial charge in [0.15, 0.2) is 14.9 Å². The molecule has 2 aromatic rings. The van der Waals surface area contributed by atoms with Gasteiger partial charge >= 0.3 is 0 Å². The summed E-state index contributed by atoms with van der Waals surface area (Å²) in [7, 11) is -3.53. The maximum atomic E-state index is 11.6. The van der Waals surface area contributed by atoms with Gasteiger partial charge in [0.25, 0.3) is 0 Å². The Hall–Kier alpha value is -1.71. The highest BCUT2D eigenvalue weighted by Gasteiger charge is 2.16. The Bertz CT molecular complexity index is 750. The molecule has 0 saturated carbocycles. The molecule has 2 aromatic heterocycles. The van der Waals surface area contributed by atoms with Crippen LogP contribution < -0.4 is 0 Å². The monoisotopic (exact) mass is 267 g/mol. The molecule has 0 fully saturated rings. The quantitative estimate of drug-likeness (QED) is 0.732. The van der Waals surface area contributed by atoms with E-state index in [0.29, 0.717) is 10.8 Å². The Morgan fingerprint density at radius 1 is 1.41 bits per heavy atom. The van der Waals surface area contributed by atoms with E-state index in [4.69, 9.17) is 16.9 Å². The van der Waals surface area contributed by atoms with Gasteiger partial charge in [-0.25, -0.2) is 18.4 Å². The van der Waals surface area contributed by atoms with Crippen LogP contribution in [0.4, 0.5) is 0 Å². The fourth-order valence-corrected chi connectivity index (χ4v) is 2.43. The van der Waals surface area contributed by atoms with Crippen molar-refractivity contribution >= 4 is 32.2 Å². The van der Waals surface area contributed by atoms with Crippen molar-refractivity contribution in [2.24, 2.45) is 0 Å². The lowest BCUT2D eigenvalue weighted by Crippen LogP contribution is -2.03. The van der Waals surface area contributed by atoms with E-state index in [1.165, 1.54) is 18.3 Å². The molecule has 0 saturated heterocycles. The molecule has 2 heterocycles. The second kappa shape index (κ2) is 3.95. The Labute approximate surface area is 103 Å². The SMILES string of the molecule is CS(=O)(=O)c1nc(C#N)cc2cnc(Cl)cc12. The Kier molecular flexibility index (Phi) is 2.73. The Morgan fingerprint density at radius 2 is 2.12 bits per heavy atom. The van der Waals surface area contributed by atoms with Crippen molar-refractivity contribution in [2.75, 3.05) is 6.26 Å². The summed E-state index contributed by atoms with van der Waals surface area (Å²) in [5.41, 5.74) is 0.0297. The van der Waals surface area contributed by atoms with Gasteiger partial charge < -0.3 is 0 Å². The molecule has 17 heavy (non-hydrogen) atoms. The van der Waals surface area contributed by atoms with Gasteiger partial charge in [0.1, 0.15) is 16.9 Å². The molecular weight excluding hydrogens is 262 g/mol. The van der Waals surface area contributed by atoms with Crippen LogP contribution in [0.15, 0.2) is 23.4 Å². The molecule has 7 heteroatoms. The van der Waals surface area contributed by atoms with Gasteiger partial charge in [0.05, 0.1) is 0 Å². The summed E-state index contributed by atoms with van der Waals surface area (Å²) in [6.45, 7) is 0. The molecule has 0 radical (unpaired) electrons. The minimum Gasteiger partial charge on any atom is -0.244 e. The fraction of sp³-hybridized carbons (Fsp3) is 0.100. The minimum atomic E-state index is -3.53. The smallest absolute Gasteiger partial charge is 0.193 e. The van der Waals surface area contributed by atoms with E-state index in [9.17, 15) is 8.42 Å². The highest BCUT2D eigenvalue weighted by molar-refractivity contribution is 7.90. The number of hydrogen-bond acceptors (Lipinski definition) is 5. The number of fused-ring (bicyclic) bond motifs is 1. The van der Waals surface area contributed by atoms with Crippen LogP contribution in [0, 0.1) is 11.3 Å². The van der Waals surface area contributed by atoms with Crippen LogP contribution in [0.25, 0.3) is 10.8 Å². The zero-order valence-electron chi connectivity index (χ0n) is 8.68. The van der Waals surface area contributed by atoms with Gasteiger partial charge in [-0.3, -0.25) is 0 Å². The maximum Gasteiger partial charge on any atom is 0.193 e. The number of aromatic nitrogens is 2. The standard InChI is InChI=1S/C10H6ClN3O2S/c1-17(15,16)10-8-3-9(11)13-5-6(8)2-7(4-12)14-10/h2-3,5H,1H3. The lowest BCUT2D eigenvalue weighted by molar-refractivity contribution is 0.599. The average Bonchev–Trinajstić information content (AvgIpc) is 2.26. The molecule has 0 N–H and O–H groups in total. The van der Waals surface area contributed by atoms with Crippen LogP contribution in [0.2, 0.25) is 5.15 Å². The van der Waals surface area contributed by atoms with E-state index in [0.717, 1.165) is 6.26 Å². The van der Waals surface area contributed by atoms with Crippen LogP contribution in [-0.2, 0) is 9.84 Å². The van der Waals surface area contributed by atoms with Gasteiger partial charge in [-0.15, -0.1) is 0 Å². The van der Waals surface area contributed by atoms with E-state index >= 15 is 0 Å². The summed E-state index contributed by atoms with van der Waals surface area (Å²) in [6.07, 6.45) is 2.44. The van der Waals surface area contributed by atoms with Crippen molar-refractivity contribution < 1.29 is 8.42 Å². The number of sulfone groups is 1. The molecule has 0 aliphatic heterocycles. The summed E-state index contributed by atoms with van der Waals surface area (Å²) in [4.78, 5) is 7.64. The largest absolute Gasteiger partial charge is 0.244 e. The molecule has 2 rings (SSSR count). The molecule has 0 aromatic carbocycles. The number of pyridine rings is 2. The molecule has 0 bridgehead atoms. The molecular formula is C10H6ClN3O2S. The fourth-order valence-electron chi connectivity index (χ4n) is 1.43. The van der Waals surface area contributed by atoms with Gasteiger partial charge in [-0.2, -0.15) is 5.26 Å². The van der Waals surface area contributed by atoms with Gasteiger partial charge in [0.2, 0.25) is 0 Å². The molecule has 0 unspecified atom stereocenters. The predicted molar refractivity (Wildman–Crippen MR) is 62.4 cm³/mol. The lowest BCUT2D eigenvalue weighted by Gasteiger charge is -2.04. The lowest BCUT2D eigenvalue weighted by atomic mass is 10.2. The van der Waals surface area contributed by atoms with E-state index < -0.39 is 9.84 Å². The molecule has 0 atom stereocenters. The van der Waals surface area contributed by atoms with E-state index in [1.807, 2.05) is 6.07 Å². The molecule has 0 spiro atoms. The number of rotatable bonds is 1. The number of nitriles is 1. The minimum absolute atomic E-state index is 0.0297. The maximum absolute atomic E-state index is 11.6. The first-order valence-corrected chi connectivity index (χ1v) is 6.75. The van der Waals surface area contributed by atoms with Gasteiger partial charge in [-0.05, 0) is 12.1 Å². The number of hydrogen-bond donors (Lipinski definition) is 0. The van der Waals surface area contributed by atoms with Crippen LogP contribution in [0.3, 0.4) is 0 Å². The number of nitrogens with zero attached hydrogens (tertiary/aromatic N) is 3. The third-order valence-electron chi connectivity index (χ3n) is 2.11. The van der Waals surface area contributed by atoms with E-state index in [1.54, 1.807) is 0 Å². The first-order chi connectivity index (χ1) is 7.91. The second-order valence-electron chi connectivity index (χ2n) is 3.42. The first-order valence-electron chi connectivity index (χ1n) is 4.48. The van der Waals surface area contributed by atoms with Crippen molar-refractivity contribution in [3.63, 3.8) is 0 Å². The molecule has 0 amide bonds. The van der Waals surface area contributed by atoms with Gasteiger partial charge in [-0.1, -0.05) is 11.6 Å². The normalized spacial score (nSPS) is 11.4. The summed E-state index contributed by atoms with van der Waals surface area (Å²) >= 11 is 5.72. The highest BCUT2D eigenvalue weighted by atomic mass is 35.5. The third-order valence-corrected chi connectivity index (χ3v) is 3.33. The van der Waals surface area contributed by atoms with Crippen molar-refractivity contribution in [1.29, 1.82) is 5.26 Å². The van der Waals surface area contributed by atoms with Crippen molar-refractivity contribution in [2.45, 2.75) is 5.03 Å². The van der Waals surface area contributed by atoms with Crippen molar-refractivity contribution in [3.8, 4) is 6.07 Å². The topological polar surface area (TPSA) is 83.7 Å². The molecule has 0 aliphatic rings. The second-order valence-corrected chi connectivity index (χ2v) is 5.74.